The molecule has 2 N–H and O–H groups in total. The Bertz CT molecular complexity index is 539. The predicted molar refractivity (Wildman–Crippen MR) is 80.9 cm³/mol. The van der Waals surface area contributed by atoms with E-state index in [1.807, 2.05) is 13.8 Å². The molecule has 6 nitrogen and oxygen atoms in total. The summed E-state index contributed by atoms with van der Waals surface area (Å²) < 4.78 is 9.93. The van der Waals surface area contributed by atoms with Crippen molar-refractivity contribution < 1.29 is 19.1 Å². The minimum atomic E-state index is -0.541. The van der Waals surface area contributed by atoms with E-state index in [-0.39, 0.29) is 5.92 Å². The number of carbonyl (C=O) groups excluding carboxylic acids is 2. The SMILES string of the molecule is COC(=O)c1c(NC(=O)OCC(C)C)sc2c1CCNC2. The lowest BCUT2D eigenvalue weighted by molar-refractivity contribution is 0.0601. The van der Waals surface area contributed by atoms with Crippen molar-refractivity contribution >= 4 is 28.4 Å². The van der Waals surface area contributed by atoms with E-state index in [4.69, 9.17) is 9.47 Å². The van der Waals surface area contributed by atoms with Crippen molar-refractivity contribution in [1.29, 1.82) is 0 Å². The summed E-state index contributed by atoms with van der Waals surface area (Å²) in [7, 11) is 1.34. The third-order valence-corrected chi connectivity index (χ3v) is 4.23. The molecule has 0 fully saturated rings. The molecule has 2 heterocycles. The van der Waals surface area contributed by atoms with E-state index >= 15 is 0 Å². The Kier molecular flexibility index (Phi) is 5.19. The molecule has 7 heteroatoms. The zero-order valence-electron chi connectivity index (χ0n) is 12.4. The van der Waals surface area contributed by atoms with Crippen LogP contribution in [0.2, 0.25) is 0 Å². The first-order chi connectivity index (χ1) is 10.0. The lowest BCUT2D eigenvalue weighted by Crippen LogP contribution is -2.23. The van der Waals surface area contributed by atoms with Crippen molar-refractivity contribution in [3.8, 4) is 0 Å². The number of thiophene rings is 1. The fourth-order valence-corrected chi connectivity index (χ4v) is 3.30. The van der Waals surface area contributed by atoms with E-state index < -0.39 is 12.1 Å². The normalized spacial score (nSPS) is 13.7. The maximum absolute atomic E-state index is 12.0. The van der Waals surface area contributed by atoms with Gasteiger partial charge in [0.2, 0.25) is 0 Å². The van der Waals surface area contributed by atoms with Gasteiger partial charge in [-0.25, -0.2) is 9.59 Å². The van der Waals surface area contributed by atoms with Gasteiger partial charge in [-0.1, -0.05) is 13.8 Å². The summed E-state index contributed by atoms with van der Waals surface area (Å²) in [4.78, 5) is 24.8. The minimum Gasteiger partial charge on any atom is -0.465 e. The number of carbonyl (C=O) groups is 2. The molecule has 1 aliphatic heterocycles. The van der Waals surface area contributed by atoms with Crippen LogP contribution < -0.4 is 10.6 Å². The van der Waals surface area contributed by atoms with Crippen LogP contribution in [-0.4, -0.2) is 32.3 Å². The smallest absolute Gasteiger partial charge is 0.412 e. The lowest BCUT2D eigenvalue weighted by Gasteiger charge is -2.13. The third-order valence-electron chi connectivity index (χ3n) is 3.08. The van der Waals surface area contributed by atoms with Crippen LogP contribution >= 0.6 is 11.3 Å². The van der Waals surface area contributed by atoms with E-state index in [0.29, 0.717) is 23.7 Å². The molecular weight excluding hydrogens is 292 g/mol. The van der Waals surface area contributed by atoms with Gasteiger partial charge in [-0.3, -0.25) is 5.32 Å². The van der Waals surface area contributed by atoms with Gasteiger partial charge in [0.05, 0.1) is 19.3 Å². The van der Waals surface area contributed by atoms with Gasteiger partial charge in [0.1, 0.15) is 5.00 Å². The molecule has 2 rings (SSSR count). The molecule has 0 aromatic carbocycles. The average molecular weight is 312 g/mol. The minimum absolute atomic E-state index is 0.261. The number of amides is 1. The number of hydrogen-bond donors (Lipinski definition) is 2. The van der Waals surface area contributed by atoms with Crippen molar-refractivity contribution in [2.75, 3.05) is 25.6 Å². The van der Waals surface area contributed by atoms with E-state index in [2.05, 4.69) is 10.6 Å². The van der Waals surface area contributed by atoms with E-state index in [1.165, 1.54) is 18.4 Å². The quantitative estimate of drug-likeness (QED) is 0.835. The summed E-state index contributed by atoms with van der Waals surface area (Å²) in [5.41, 5.74) is 1.42. The van der Waals surface area contributed by atoms with Gasteiger partial charge in [-0.2, -0.15) is 0 Å². The Hall–Kier alpha value is -1.60. The number of methoxy groups -OCH3 is 1. The monoisotopic (exact) mass is 312 g/mol. The number of ether oxygens (including phenoxy) is 2. The highest BCUT2D eigenvalue weighted by atomic mass is 32.1. The molecule has 0 bridgehead atoms. The van der Waals surface area contributed by atoms with E-state index in [0.717, 1.165) is 23.4 Å². The maximum Gasteiger partial charge on any atom is 0.412 e. The molecule has 0 radical (unpaired) electrons. The van der Waals surface area contributed by atoms with Crippen LogP contribution in [-0.2, 0) is 22.4 Å². The molecule has 0 saturated heterocycles. The summed E-state index contributed by atoms with van der Waals surface area (Å²) in [6, 6.07) is 0. The second-order valence-electron chi connectivity index (χ2n) is 5.24. The first-order valence-corrected chi connectivity index (χ1v) is 7.72. The number of hydrogen-bond acceptors (Lipinski definition) is 6. The average Bonchev–Trinajstić information content (AvgIpc) is 2.82. The van der Waals surface area contributed by atoms with E-state index in [9.17, 15) is 9.59 Å². The molecule has 0 atom stereocenters. The van der Waals surface area contributed by atoms with Crippen LogP contribution in [0.4, 0.5) is 9.80 Å². The molecule has 1 aromatic rings. The zero-order chi connectivity index (χ0) is 15.4. The summed E-state index contributed by atoms with van der Waals surface area (Å²) in [5, 5.41) is 6.42. The molecule has 116 valence electrons. The highest BCUT2D eigenvalue weighted by molar-refractivity contribution is 7.17. The van der Waals surface area contributed by atoms with Crippen LogP contribution in [0.15, 0.2) is 0 Å². The molecular formula is C14H20N2O4S. The summed E-state index contributed by atoms with van der Waals surface area (Å²) in [6.45, 7) is 5.77. The fraction of sp³-hybridized carbons (Fsp3) is 0.571. The molecule has 0 aliphatic carbocycles. The van der Waals surface area contributed by atoms with Crippen molar-refractivity contribution in [2.24, 2.45) is 5.92 Å². The van der Waals surface area contributed by atoms with E-state index in [1.54, 1.807) is 0 Å². The third kappa shape index (κ3) is 3.74. The Balaban J connectivity index is 2.20. The number of esters is 1. The van der Waals surface area contributed by atoms with Crippen LogP contribution in [0.25, 0.3) is 0 Å². The van der Waals surface area contributed by atoms with Crippen LogP contribution in [0, 0.1) is 5.92 Å². The molecule has 1 amide bonds. The Morgan fingerprint density at radius 3 is 2.86 bits per heavy atom. The van der Waals surface area contributed by atoms with Gasteiger partial charge in [0.25, 0.3) is 0 Å². The Morgan fingerprint density at radius 1 is 1.43 bits per heavy atom. The molecule has 1 aromatic heterocycles. The highest BCUT2D eigenvalue weighted by Crippen LogP contribution is 2.35. The first kappa shape index (κ1) is 15.8. The second kappa shape index (κ2) is 6.91. The number of fused-ring (bicyclic) bond motifs is 1. The molecule has 21 heavy (non-hydrogen) atoms. The van der Waals surface area contributed by atoms with Crippen LogP contribution in [0.1, 0.15) is 34.6 Å². The van der Waals surface area contributed by atoms with Crippen molar-refractivity contribution in [1.82, 2.24) is 5.32 Å². The van der Waals surface area contributed by atoms with Crippen LogP contribution in [0.5, 0.6) is 0 Å². The molecule has 0 unspecified atom stereocenters. The fourth-order valence-electron chi connectivity index (χ4n) is 2.11. The number of rotatable bonds is 4. The lowest BCUT2D eigenvalue weighted by atomic mass is 10.0. The highest BCUT2D eigenvalue weighted by Gasteiger charge is 2.27. The van der Waals surface area contributed by atoms with Crippen molar-refractivity contribution in [2.45, 2.75) is 26.8 Å². The molecule has 1 aliphatic rings. The van der Waals surface area contributed by atoms with Gasteiger partial charge >= 0.3 is 12.1 Å². The standard InChI is InChI=1S/C14H20N2O4S/c1-8(2)7-20-14(18)16-12-11(13(17)19-3)9-4-5-15-6-10(9)21-12/h8,15H,4-7H2,1-3H3,(H,16,18). The van der Waals surface area contributed by atoms with Gasteiger partial charge in [0, 0.05) is 11.4 Å². The van der Waals surface area contributed by atoms with Gasteiger partial charge in [-0.15, -0.1) is 11.3 Å². The largest absolute Gasteiger partial charge is 0.465 e. The van der Waals surface area contributed by atoms with Crippen molar-refractivity contribution in [3.05, 3.63) is 16.0 Å². The summed E-state index contributed by atoms with van der Waals surface area (Å²) in [6.07, 6.45) is 0.208. The summed E-state index contributed by atoms with van der Waals surface area (Å²) >= 11 is 1.39. The number of anilines is 1. The Morgan fingerprint density at radius 2 is 2.19 bits per heavy atom. The maximum atomic E-state index is 12.0. The first-order valence-electron chi connectivity index (χ1n) is 6.90. The summed E-state index contributed by atoms with van der Waals surface area (Å²) in [5.74, 6) is -0.162. The topological polar surface area (TPSA) is 76.7 Å². The predicted octanol–water partition coefficient (Wildman–Crippen LogP) is 2.38. The molecule has 0 spiro atoms. The van der Waals surface area contributed by atoms with Gasteiger partial charge < -0.3 is 14.8 Å². The van der Waals surface area contributed by atoms with Crippen molar-refractivity contribution in [3.63, 3.8) is 0 Å². The van der Waals surface area contributed by atoms with Gasteiger partial charge in [0.15, 0.2) is 0 Å². The second-order valence-corrected chi connectivity index (χ2v) is 6.35. The van der Waals surface area contributed by atoms with Gasteiger partial charge in [-0.05, 0) is 24.4 Å². The Labute approximate surface area is 127 Å². The number of nitrogens with one attached hydrogen (secondary N) is 2. The molecule has 0 saturated carbocycles. The van der Waals surface area contributed by atoms with Crippen LogP contribution in [0.3, 0.4) is 0 Å². The zero-order valence-corrected chi connectivity index (χ0v) is 13.3.